The Labute approximate surface area is 222 Å². The fourth-order valence-electron chi connectivity index (χ4n) is 4.54. The van der Waals surface area contributed by atoms with Crippen LogP contribution in [0.15, 0.2) is 46.6 Å². The molecule has 1 aromatic carbocycles. The van der Waals surface area contributed by atoms with Crippen LogP contribution in [-0.4, -0.2) is 101 Å². The second kappa shape index (κ2) is 11.8. The molecular weight excluding hydrogens is 538 g/mol. The Bertz CT molecular complexity index is 1320. The van der Waals surface area contributed by atoms with E-state index in [0.29, 0.717) is 31.6 Å². The first-order valence-electron chi connectivity index (χ1n) is 12.2. The van der Waals surface area contributed by atoms with Gasteiger partial charge in [0.15, 0.2) is 0 Å². The zero-order valence-electron chi connectivity index (χ0n) is 21.2. The molecule has 0 saturated carbocycles. The minimum absolute atomic E-state index is 0.00127. The second-order valence-corrected chi connectivity index (χ2v) is 13.0. The molecule has 2 aliphatic rings. The highest BCUT2D eigenvalue weighted by Crippen LogP contribution is 2.37. The highest BCUT2D eigenvalue weighted by atomic mass is 32.2. The summed E-state index contributed by atoms with van der Waals surface area (Å²) < 4.78 is 70.1. The summed E-state index contributed by atoms with van der Waals surface area (Å²) in [7, 11) is -4.69. The van der Waals surface area contributed by atoms with E-state index >= 15 is 0 Å². The minimum Gasteiger partial charge on any atom is -0.491 e. The molecule has 2 fully saturated rings. The highest BCUT2D eigenvalue weighted by molar-refractivity contribution is 7.89. The van der Waals surface area contributed by atoms with Crippen molar-refractivity contribution in [3.8, 4) is 11.6 Å². The van der Waals surface area contributed by atoms with Crippen LogP contribution in [-0.2, 0) is 24.8 Å². The van der Waals surface area contributed by atoms with Crippen molar-refractivity contribution in [1.29, 1.82) is 0 Å². The Morgan fingerprint density at radius 2 is 2.00 bits per heavy atom. The number of hydrogen-bond acceptors (Lipinski definition) is 11. The normalized spacial score (nSPS) is 20.9. The van der Waals surface area contributed by atoms with Crippen molar-refractivity contribution in [2.24, 2.45) is 0 Å². The van der Waals surface area contributed by atoms with Crippen LogP contribution in [0.4, 0.5) is 0 Å². The molecule has 0 bridgehead atoms. The smallest absolute Gasteiger partial charge is 0.278 e. The highest BCUT2D eigenvalue weighted by Gasteiger charge is 2.45. The summed E-state index contributed by atoms with van der Waals surface area (Å²) in [5.41, 5.74) is -0.431. The molecule has 15 heteroatoms. The molecule has 2 atom stereocenters. The topological polar surface area (TPSA) is 169 Å². The standard InChI is InChI=1S/C23H33N5O8S2/c1-24-37(30,31)20-5-3-4-19(12-20)35-16-18(29)14-26-17-13-23(36-15-17)7-10-28(11-8-23)38(32,33)22-25-9-6-21(27-22)34-2/h3-6,9,12,17-18,24,26,29H,7-8,10-11,13-16H2,1-2H3/t17-,18+/m1/s1. The third kappa shape index (κ3) is 6.59. The van der Waals surface area contributed by atoms with Gasteiger partial charge in [0.05, 0.1) is 24.2 Å². The zero-order chi connectivity index (χ0) is 27.4. The van der Waals surface area contributed by atoms with E-state index in [1.807, 2.05) is 0 Å². The Hall–Kier alpha value is -2.40. The van der Waals surface area contributed by atoms with Crippen molar-refractivity contribution in [3.63, 3.8) is 0 Å². The number of hydrogen-bond donors (Lipinski definition) is 3. The molecule has 0 radical (unpaired) electrons. The van der Waals surface area contributed by atoms with Crippen LogP contribution >= 0.6 is 0 Å². The first-order chi connectivity index (χ1) is 18.1. The van der Waals surface area contributed by atoms with Crippen LogP contribution in [0.2, 0.25) is 0 Å². The van der Waals surface area contributed by atoms with Gasteiger partial charge in [-0.1, -0.05) is 6.07 Å². The molecule has 210 valence electrons. The van der Waals surface area contributed by atoms with Crippen molar-refractivity contribution >= 4 is 20.0 Å². The largest absolute Gasteiger partial charge is 0.491 e. The summed E-state index contributed by atoms with van der Waals surface area (Å²) in [6.45, 7) is 1.26. The lowest BCUT2D eigenvalue weighted by Gasteiger charge is -2.37. The minimum atomic E-state index is -3.84. The molecule has 1 spiro atoms. The molecular formula is C23H33N5O8S2. The first-order valence-corrected chi connectivity index (χ1v) is 15.1. The molecule has 2 aromatic rings. The van der Waals surface area contributed by atoms with Crippen LogP contribution in [0.5, 0.6) is 11.6 Å². The third-order valence-electron chi connectivity index (χ3n) is 6.70. The summed E-state index contributed by atoms with van der Waals surface area (Å²) in [6.07, 6.45) is 2.28. The number of aromatic nitrogens is 2. The SMILES string of the molecule is CNS(=O)(=O)c1cccc(OC[C@@H](O)CN[C@H]2COC3(CCN(S(=O)(=O)c4nccc(OC)n4)CC3)C2)c1. The predicted octanol–water partition coefficient (Wildman–Crippen LogP) is -0.265. The Morgan fingerprint density at radius 3 is 2.71 bits per heavy atom. The Balaban J connectivity index is 1.23. The van der Waals surface area contributed by atoms with Crippen molar-refractivity contribution in [3.05, 3.63) is 36.5 Å². The number of ether oxygens (including phenoxy) is 3. The van der Waals surface area contributed by atoms with E-state index < -0.39 is 31.8 Å². The number of piperidine rings is 1. The second-order valence-electron chi connectivity index (χ2n) is 9.24. The van der Waals surface area contributed by atoms with Crippen molar-refractivity contribution in [2.45, 2.75) is 47.1 Å². The maximum atomic E-state index is 13.0. The van der Waals surface area contributed by atoms with Gasteiger partial charge in [0.1, 0.15) is 18.5 Å². The van der Waals surface area contributed by atoms with Crippen LogP contribution in [0.1, 0.15) is 19.3 Å². The van der Waals surface area contributed by atoms with E-state index in [0.717, 1.165) is 0 Å². The van der Waals surface area contributed by atoms with Crippen LogP contribution in [0.25, 0.3) is 0 Å². The van der Waals surface area contributed by atoms with E-state index in [4.69, 9.17) is 14.2 Å². The summed E-state index contributed by atoms with van der Waals surface area (Å²) >= 11 is 0. The summed E-state index contributed by atoms with van der Waals surface area (Å²) in [4.78, 5) is 7.95. The van der Waals surface area contributed by atoms with Gasteiger partial charge in [0.25, 0.3) is 15.2 Å². The summed E-state index contributed by atoms with van der Waals surface area (Å²) in [5, 5.41) is 13.4. The maximum Gasteiger partial charge on any atom is 0.278 e. The number of nitrogens with zero attached hydrogens (tertiary/aromatic N) is 3. The average Bonchev–Trinajstić information content (AvgIpc) is 3.33. The lowest BCUT2D eigenvalue weighted by atomic mass is 9.88. The summed E-state index contributed by atoms with van der Waals surface area (Å²) in [6, 6.07) is 7.53. The molecule has 13 nitrogen and oxygen atoms in total. The lowest BCUT2D eigenvalue weighted by Crippen LogP contribution is -2.47. The third-order valence-corrected chi connectivity index (χ3v) is 9.81. The number of benzene rings is 1. The quantitative estimate of drug-likeness (QED) is 0.304. The van der Waals surface area contributed by atoms with Gasteiger partial charge >= 0.3 is 0 Å². The molecule has 0 aliphatic carbocycles. The van der Waals surface area contributed by atoms with E-state index in [2.05, 4.69) is 20.0 Å². The van der Waals surface area contributed by atoms with E-state index in [1.165, 1.54) is 42.9 Å². The Kier molecular flexibility index (Phi) is 8.86. The van der Waals surface area contributed by atoms with E-state index in [1.54, 1.807) is 12.1 Å². The van der Waals surface area contributed by atoms with Gasteiger partial charge in [-0.2, -0.15) is 9.29 Å². The molecule has 0 amide bonds. The first kappa shape index (κ1) is 28.6. The Morgan fingerprint density at radius 1 is 1.24 bits per heavy atom. The monoisotopic (exact) mass is 571 g/mol. The number of aliphatic hydroxyl groups excluding tert-OH is 1. The van der Waals surface area contributed by atoms with Gasteiger partial charge in [-0.3, -0.25) is 0 Å². The number of nitrogens with one attached hydrogen (secondary N) is 2. The lowest BCUT2D eigenvalue weighted by molar-refractivity contribution is -0.0312. The van der Waals surface area contributed by atoms with E-state index in [9.17, 15) is 21.9 Å². The molecule has 1 aromatic heterocycles. The van der Waals surface area contributed by atoms with Crippen LogP contribution in [0, 0.1) is 0 Å². The molecule has 0 unspecified atom stereocenters. The van der Waals surface area contributed by atoms with Crippen molar-refractivity contribution < 1.29 is 36.2 Å². The molecule has 2 aliphatic heterocycles. The van der Waals surface area contributed by atoms with E-state index in [-0.39, 0.29) is 48.2 Å². The molecule has 2 saturated heterocycles. The molecule has 4 rings (SSSR count). The molecule has 3 heterocycles. The van der Waals surface area contributed by atoms with Gasteiger partial charge in [-0.05, 0) is 38.4 Å². The number of sulfonamides is 2. The average molecular weight is 572 g/mol. The molecule has 38 heavy (non-hydrogen) atoms. The van der Waals surface area contributed by atoms with Gasteiger partial charge in [0.2, 0.25) is 15.9 Å². The maximum absolute atomic E-state index is 13.0. The molecule has 3 N–H and O–H groups in total. The fourth-order valence-corrected chi connectivity index (χ4v) is 6.60. The van der Waals surface area contributed by atoms with Gasteiger partial charge in [-0.15, -0.1) is 0 Å². The van der Waals surface area contributed by atoms with Crippen molar-refractivity contribution in [2.75, 3.05) is 47.0 Å². The van der Waals surface area contributed by atoms with Gasteiger partial charge < -0.3 is 24.6 Å². The zero-order valence-corrected chi connectivity index (χ0v) is 22.9. The summed E-state index contributed by atoms with van der Waals surface area (Å²) in [5.74, 6) is 0.521. The van der Waals surface area contributed by atoms with Crippen LogP contribution in [0.3, 0.4) is 0 Å². The van der Waals surface area contributed by atoms with Gasteiger partial charge in [0, 0.05) is 44.0 Å². The predicted molar refractivity (Wildman–Crippen MR) is 136 cm³/mol. The number of aliphatic hydroxyl groups is 1. The van der Waals surface area contributed by atoms with Crippen molar-refractivity contribution in [1.82, 2.24) is 24.3 Å². The fraction of sp³-hybridized carbons (Fsp3) is 0.565. The van der Waals surface area contributed by atoms with Crippen LogP contribution < -0.4 is 19.5 Å². The number of rotatable bonds is 11. The van der Waals surface area contributed by atoms with Gasteiger partial charge in [-0.25, -0.2) is 26.5 Å². The number of methoxy groups -OCH3 is 1.